The van der Waals surface area contributed by atoms with E-state index in [1.165, 1.54) is 5.56 Å². The number of fused-ring (bicyclic) bond motifs is 1. The molecule has 0 N–H and O–H groups in total. The van der Waals surface area contributed by atoms with Crippen molar-refractivity contribution in [2.75, 3.05) is 4.90 Å². The molecule has 1 aliphatic carbocycles. The highest BCUT2D eigenvalue weighted by Crippen LogP contribution is 2.43. The molecule has 0 unspecified atom stereocenters. The fourth-order valence-electron chi connectivity index (χ4n) is 2.82. The number of hydrogen-bond donors (Lipinski definition) is 0. The van der Waals surface area contributed by atoms with E-state index in [1.807, 2.05) is 18.2 Å². The summed E-state index contributed by atoms with van der Waals surface area (Å²) < 4.78 is 6.09. The molecule has 0 saturated heterocycles. The maximum Gasteiger partial charge on any atom is 0.151 e. The van der Waals surface area contributed by atoms with Crippen LogP contribution in [0.15, 0.2) is 84.3 Å². The highest BCUT2D eigenvalue weighted by atomic mass is 16.5. The number of aryl methyl sites for hydroxylation is 1. The zero-order chi connectivity index (χ0) is 14.9. The first kappa shape index (κ1) is 13.0. The van der Waals surface area contributed by atoms with Crippen LogP contribution in [-0.2, 0) is 0 Å². The SMILES string of the molecule is Cc1ccc(N2C3=C(C=CCC=C3)Oc3ccccc32)cc1. The van der Waals surface area contributed by atoms with Gasteiger partial charge in [0.2, 0.25) is 0 Å². The first-order chi connectivity index (χ1) is 10.8. The molecular weight excluding hydrogens is 270 g/mol. The molecule has 2 heteroatoms. The van der Waals surface area contributed by atoms with Gasteiger partial charge in [0, 0.05) is 5.69 Å². The largest absolute Gasteiger partial charge is 0.453 e. The third kappa shape index (κ3) is 2.13. The normalized spacial score (nSPS) is 16.0. The summed E-state index contributed by atoms with van der Waals surface area (Å²) in [6, 6.07) is 16.8. The van der Waals surface area contributed by atoms with Crippen LogP contribution in [0.5, 0.6) is 5.75 Å². The van der Waals surface area contributed by atoms with Crippen LogP contribution < -0.4 is 9.64 Å². The number of hydrogen-bond acceptors (Lipinski definition) is 2. The zero-order valence-corrected chi connectivity index (χ0v) is 12.5. The topological polar surface area (TPSA) is 12.5 Å². The van der Waals surface area contributed by atoms with Gasteiger partial charge in [0.25, 0.3) is 0 Å². The van der Waals surface area contributed by atoms with Gasteiger partial charge in [0.15, 0.2) is 11.5 Å². The summed E-state index contributed by atoms with van der Waals surface area (Å²) >= 11 is 0. The van der Waals surface area contributed by atoms with E-state index in [-0.39, 0.29) is 0 Å². The monoisotopic (exact) mass is 287 g/mol. The van der Waals surface area contributed by atoms with E-state index < -0.39 is 0 Å². The number of allylic oxidation sites excluding steroid dienone is 4. The summed E-state index contributed by atoms with van der Waals surface area (Å²) in [6.45, 7) is 2.11. The number of nitrogens with zero attached hydrogens (tertiary/aromatic N) is 1. The molecule has 22 heavy (non-hydrogen) atoms. The Bertz CT molecular complexity index is 797. The molecule has 0 amide bonds. The van der Waals surface area contributed by atoms with Crippen molar-refractivity contribution >= 4 is 11.4 Å². The van der Waals surface area contributed by atoms with Gasteiger partial charge in [-0.1, -0.05) is 42.0 Å². The maximum atomic E-state index is 6.09. The van der Waals surface area contributed by atoms with Crippen LogP contribution in [0.25, 0.3) is 0 Å². The van der Waals surface area contributed by atoms with E-state index in [4.69, 9.17) is 4.74 Å². The zero-order valence-electron chi connectivity index (χ0n) is 12.5. The Kier molecular flexibility index (Phi) is 3.08. The molecule has 0 fully saturated rings. The second-order valence-corrected chi connectivity index (χ2v) is 5.53. The van der Waals surface area contributed by atoms with E-state index in [0.717, 1.165) is 35.0 Å². The Hall–Kier alpha value is -2.74. The van der Waals surface area contributed by atoms with E-state index >= 15 is 0 Å². The average molecular weight is 287 g/mol. The lowest BCUT2D eigenvalue weighted by atomic mass is 10.1. The Labute approximate surface area is 130 Å². The Morgan fingerprint density at radius 1 is 0.909 bits per heavy atom. The smallest absolute Gasteiger partial charge is 0.151 e. The highest BCUT2D eigenvalue weighted by Gasteiger charge is 2.25. The molecule has 2 nitrogen and oxygen atoms in total. The Balaban J connectivity index is 1.93. The molecule has 0 spiro atoms. The third-order valence-electron chi connectivity index (χ3n) is 3.93. The first-order valence-corrected chi connectivity index (χ1v) is 7.54. The number of para-hydroxylation sites is 2. The van der Waals surface area contributed by atoms with Gasteiger partial charge < -0.3 is 9.64 Å². The summed E-state index contributed by atoms with van der Waals surface area (Å²) in [7, 11) is 0. The minimum Gasteiger partial charge on any atom is -0.453 e. The van der Waals surface area contributed by atoms with Crippen molar-refractivity contribution in [3.8, 4) is 5.75 Å². The summed E-state index contributed by atoms with van der Waals surface area (Å²) in [4.78, 5) is 2.26. The maximum absolute atomic E-state index is 6.09. The van der Waals surface area contributed by atoms with Crippen LogP contribution in [-0.4, -0.2) is 0 Å². The summed E-state index contributed by atoms with van der Waals surface area (Å²) in [5, 5.41) is 0. The standard InChI is InChI=1S/C20H17NO/c1-15-11-13-16(14-12-15)21-17-7-3-2-4-9-19(17)22-20-10-6-5-8-18(20)21/h3-14H,2H2,1H3. The summed E-state index contributed by atoms with van der Waals surface area (Å²) in [5.74, 6) is 1.79. The third-order valence-corrected chi connectivity index (χ3v) is 3.93. The molecule has 1 heterocycles. The van der Waals surface area contributed by atoms with Gasteiger partial charge in [-0.25, -0.2) is 0 Å². The van der Waals surface area contributed by atoms with Gasteiger partial charge in [-0.05, 0) is 49.8 Å². The Morgan fingerprint density at radius 2 is 1.68 bits per heavy atom. The number of ether oxygens (including phenoxy) is 1. The second-order valence-electron chi connectivity index (χ2n) is 5.53. The molecule has 2 aliphatic rings. The Morgan fingerprint density at radius 3 is 2.55 bits per heavy atom. The van der Waals surface area contributed by atoms with Crippen LogP contribution in [0.2, 0.25) is 0 Å². The van der Waals surface area contributed by atoms with E-state index in [0.29, 0.717) is 0 Å². The second kappa shape index (κ2) is 5.23. The summed E-state index contributed by atoms with van der Waals surface area (Å²) in [6.07, 6.45) is 9.42. The van der Waals surface area contributed by atoms with Crippen molar-refractivity contribution in [1.82, 2.24) is 0 Å². The van der Waals surface area contributed by atoms with Crippen molar-refractivity contribution in [3.05, 3.63) is 89.9 Å². The predicted octanol–water partition coefficient (Wildman–Crippen LogP) is 5.25. The number of rotatable bonds is 1. The molecule has 108 valence electrons. The molecular formula is C20H17NO. The van der Waals surface area contributed by atoms with E-state index in [9.17, 15) is 0 Å². The molecule has 0 bridgehead atoms. The fraction of sp³-hybridized carbons (Fsp3) is 0.100. The molecule has 2 aromatic carbocycles. The van der Waals surface area contributed by atoms with Crippen LogP contribution in [0.4, 0.5) is 11.4 Å². The lowest BCUT2D eigenvalue weighted by Crippen LogP contribution is -2.22. The van der Waals surface area contributed by atoms with Crippen LogP contribution in [0.1, 0.15) is 12.0 Å². The van der Waals surface area contributed by atoms with Crippen molar-refractivity contribution < 1.29 is 4.74 Å². The molecule has 0 aromatic heterocycles. The summed E-state index contributed by atoms with van der Waals surface area (Å²) in [5.41, 5.74) is 4.56. The van der Waals surface area contributed by atoms with Crippen LogP contribution in [0, 0.1) is 6.92 Å². The predicted molar refractivity (Wildman–Crippen MR) is 90.3 cm³/mol. The average Bonchev–Trinajstić information content (AvgIpc) is 2.79. The van der Waals surface area contributed by atoms with E-state index in [2.05, 4.69) is 66.5 Å². The molecule has 0 saturated carbocycles. The van der Waals surface area contributed by atoms with Gasteiger partial charge >= 0.3 is 0 Å². The molecule has 1 aliphatic heterocycles. The van der Waals surface area contributed by atoms with Crippen LogP contribution in [0.3, 0.4) is 0 Å². The number of anilines is 2. The van der Waals surface area contributed by atoms with Crippen molar-refractivity contribution in [2.24, 2.45) is 0 Å². The minimum absolute atomic E-state index is 0.891. The van der Waals surface area contributed by atoms with Gasteiger partial charge in [0.05, 0.1) is 11.4 Å². The van der Waals surface area contributed by atoms with Crippen LogP contribution >= 0.6 is 0 Å². The minimum atomic E-state index is 0.891. The fourth-order valence-corrected chi connectivity index (χ4v) is 2.82. The first-order valence-electron chi connectivity index (χ1n) is 7.54. The van der Waals surface area contributed by atoms with Gasteiger partial charge in [-0.3, -0.25) is 0 Å². The quantitative estimate of drug-likeness (QED) is 0.710. The molecule has 2 aromatic rings. The number of benzene rings is 2. The van der Waals surface area contributed by atoms with Crippen molar-refractivity contribution in [3.63, 3.8) is 0 Å². The van der Waals surface area contributed by atoms with Gasteiger partial charge in [0.1, 0.15) is 0 Å². The van der Waals surface area contributed by atoms with Crippen molar-refractivity contribution in [2.45, 2.75) is 13.3 Å². The lowest BCUT2D eigenvalue weighted by Gasteiger charge is -2.33. The van der Waals surface area contributed by atoms with E-state index in [1.54, 1.807) is 0 Å². The lowest BCUT2D eigenvalue weighted by molar-refractivity contribution is 0.431. The highest BCUT2D eigenvalue weighted by molar-refractivity contribution is 5.77. The van der Waals surface area contributed by atoms with Crippen molar-refractivity contribution in [1.29, 1.82) is 0 Å². The molecule has 0 radical (unpaired) electrons. The van der Waals surface area contributed by atoms with Gasteiger partial charge in [-0.15, -0.1) is 0 Å². The molecule has 0 atom stereocenters. The molecule has 4 rings (SSSR count). The van der Waals surface area contributed by atoms with Gasteiger partial charge in [-0.2, -0.15) is 0 Å².